The quantitative estimate of drug-likeness (QED) is 0.570. The summed E-state index contributed by atoms with van der Waals surface area (Å²) in [4.78, 5) is 4.53. The molecule has 26 heavy (non-hydrogen) atoms. The highest BCUT2D eigenvalue weighted by molar-refractivity contribution is 9.10. The summed E-state index contributed by atoms with van der Waals surface area (Å²) in [6, 6.07) is 12.9. The lowest BCUT2D eigenvalue weighted by Gasteiger charge is -2.52. The Labute approximate surface area is 163 Å². The van der Waals surface area contributed by atoms with Crippen LogP contribution < -0.4 is 4.74 Å². The molecular formula is C23H24BrNO. The Morgan fingerprint density at radius 1 is 0.885 bits per heavy atom. The zero-order valence-electron chi connectivity index (χ0n) is 15.1. The predicted molar refractivity (Wildman–Crippen MR) is 108 cm³/mol. The number of benzene rings is 1. The van der Waals surface area contributed by atoms with Crippen LogP contribution in [0, 0.1) is 23.7 Å². The molecule has 0 aliphatic heterocycles. The van der Waals surface area contributed by atoms with E-state index in [1.54, 1.807) is 12.7 Å². The monoisotopic (exact) mass is 409 g/mol. The third kappa shape index (κ3) is 2.81. The molecule has 2 nitrogen and oxygen atoms in total. The van der Waals surface area contributed by atoms with Crippen molar-refractivity contribution in [2.75, 3.05) is 7.11 Å². The molecule has 1 aromatic carbocycles. The molecule has 4 fully saturated rings. The first kappa shape index (κ1) is 16.6. The summed E-state index contributed by atoms with van der Waals surface area (Å²) >= 11 is 3.48. The van der Waals surface area contributed by atoms with Crippen LogP contribution in [0.25, 0.3) is 5.57 Å². The van der Waals surface area contributed by atoms with Crippen LogP contribution in [0.2, 0.25) is 0 Å². The molecule has 3 heteroatoms. The molecule has 0 atom stereocenters. The van der Waals surface area contributed by atoms with Gasteiger partial charge in [-0.2, -0.15) is 0 Å². The van der Waals surface area contributed by atoms with Crippen LogP contribution in [0.15, 0.2) is 52.8 Å². The molecule has 1 aromatic heterocycles. The van der Waals surface area contributed by atoms with E-state index in [-0.39, 0.29) is 0 Å². The summed E-state index contributed by atoms with van der Waals surface area (Å²) in [5, 5.41) is 0. The smallest absolute Gasteiger partial charge is 0.118 e. The van der Waals surface area contributed by atoms with Gasteiger partial charge in [-0.15, -0.1) is 0 Å². The number of hydrogen-bond acceptors (Lipinski definition) is 2. The summed E-state index contributed by atoms with van der Waals surface area (Å²) in [7, 11) is 1.73. The second-order valence-corrected chi connectivity index (χ2v) is 9.05. The topological polar surface area (TPSA) is 22.1 Å². The normalized spacial score (nSPS) is 29.1. The van der Waals surface area contributed by atoms with E-state index in [9.17, 15) is 0 Å². The minimum Gasteiger partial charge on any atom is -0.497 e. The van der Waals surface area contributed by atoms with Crippen LogP contribution in [-0.2, 0) is 0 Å². The molecule has 1 heterocycles. The number of ether oxygens (including phenoxy) is 1. The third-order valence-corrected chi connectivity index (χ3v) is 7.17. The molecule has 0 spiro atoms. The number of nitrogens with zero attached hydrogens (tertiary/aromatic N) is 1. The van der Waals surface area contributed by atoms with Gasteiger partial charge in [-0.1, -0.05) is 23.8 Å². The molecule has 0 unspecified atom stereocenters. The van der Waals surface area contributed by atoms with E-state index in [4.69, 9.17) is 4.74 Å². The van der Waals surface area contributed by atoms with E-state index >= 15 is 0 Å². The SMILES string of the molecule is COc1ccc(C(=C2C3C[C@H]4CC2C[C@H](C3)C4)c2ccc(Br)nc2)cc1. The zero-order chi connectivity index (χ0) is 17.7. The first-order valence-corrected chi connectivity index (χ1v) is 10.5. The Kier molecular flexibility index (Phi) is 4.16. The van der Waals surface area contributed by atoms with Crippen molar-refractivity contribution in [1.29, 1.82) is 0 Å². The molecule has 4 saturated carbocycles. The van der Waals surface area contributed by atoms with E-state index in [0.29, 0.717) is 0 Å². The maximum Gasteiger partial charge on any atom is 0.118 e. The summed E-state index contributed by atoms with van der Waals surface area (Å²) in [6.45, 7) is 0. The molecular weight excluding hydrogens is 386 g/mol. The van der Waals surface area contributed by atoms with Gasteiger partial charge in [0.2, 0.25) is 0 Å². The van der Waals surface area contributed by atoms with Crippen LogP contribution in [0.4, 0.5) is 0 Å². The van der Waals surface area contributed by atoms with Gasteiger partial charge in [-0.05, 0) is 101 Å². The number of allylic oxidation sites excluding steroid dienone is 1. The van der Waals surface area contributed by atoms with Gasteiger partial charge in [0, 0.05) is 11.8 Å². The van der Waals surface area contributed by atoms with Crippen LogP contribution in [0.3, 0.4) is 0 Å². The van der Waals surface area contributed by atoms with Crippen LogP contribution >= 0.6 is 15.9 Å². The second-order valence-electron chi connectivity index (χ2n) is 8.23. The van der Waals surface area contributed by atoms with Gasteiger partial charge in [0.25, 0.3) is 0 Å². The molecule has 4 bridgehead atoms. The van der Waals surface area contributed by atoms with Crippen molar-refractivity contribution in [1.82, 2.24) is 4.98 Å². The highest BCUT2D eigenvalue weighted by atomic mass is 79.9. The Morgan fingerprint density at radius 3 is 2.04 bits per heavy atom. The van der Waals surface area contributed by atoms with Gasteiger partial charge in [0.1, 0.15) is 10.4 Å². The van der Waals surface area contributed by atoms with Gasteiger partial charge in [-0.25, -0.2) is 4.98 Å². The van der Waals surface area contributed by atoms with Gasteiger partial charge in [0.15, 0.2) is 0 Å². The lowest BCUT2D eigenvalue weighted by atomic mass is 9.53. The summed E-state index contributed by atoms with van der Waals surface area (Å²) in [5.74, 6) is 4.40. The zero-order valence-corrected chi connectivity index (χ0v) is 16.7. The second kappa shape index (κ2) is 6.53. The standard InChI is InChI=1S/C23H24BrNO/c1-26-20-5-2-16(3-6-20)22(17-4-7-21(24)25-13-17)23-18-9-14-8-15(11-18)12-19(23)10-14/h2-7,13-15,18-19H,8-12H2,1H3/t14-,15-,18?,19?. The first-order chi connectivity index (χ1) is 12.7. The molecule has 2 aromatic rings. The lowest BCUT2D eigenvalue weighted by Crippen LogP contribution is -2.40. The van der Waals surface area contributed by atoms with Gasteiger partial charge in [0.05, 0.1) is 7.11 Å². The molecule has 134 valence electrons. The molecule has 4 aliphatic carbocycles. The summed E-state index contributed by atoms with van der Waals surface area (Å²) < 4.78 is 6.27. The molecule has 0 radical (unpaired) electrons. The summed E-state index contributed by atoms with van der Waals surface area (Å²) in [6.07, 6.45) is 9.09. The molecule has 0 amide bonds. The van der Waals surface area contributed by atoms with Crippen LogP contribution in [0.5, 0.6) is 5.75 Å². The fourth-order valence-corrected chi connectivity index (χ4v) is 6.12. The predicted octanol–water partition coefficient (Wildman–Crippen LogP) is 6.11. The average molecular weight is 410 g/mol. The minimum atomic E-state index is 0.770. The van der Waals surface area contributed by atoms with E-state index in [0.717, 1.165) is 34.0 Å². The van der Waals surface area contributed by atoms with E-state index < -0.39 is 0 Å². The number of aromatic nitrogens is 1. The third-order valence-electron chi connectivity index (χ3n) is 6.70. The first-order valence-electron chi connectivity index (χ1n) is 9.71. The Bertz CT molecular complexity index is 808. The van der Waals surface area contributed by atoms with E-state index in [1.165, 1.54) is 48.8 Å². The number of pyridine rings is 1. The average Bonchev–Trinajstić information content (AvgIpc) is 2.65. The van der Waals surface area contributed by atoms with Gasteiger partial charge < -0.3 is 4.74 Å². The maximum absolute atomic E-state index is 5.38. The summed E-state index contributed by atoms with van der Waals surface area (Å²) in [5.41, 5.74) is 5.70. The number of methoxy groups -OCH3 is 1. The molecule has 6 rings (SSSR count). The van der Waals surface area contributed by atoms with Crippen molar-refractivity contribution in [3.63, 3.8) is 0 Å². The number of hydrogen-bond donors (Lipinski definition) is 0. The molecule has 0 saturated heterocycles. The van der Waals surface area contributed by atoms with E-state index in [2.05, 4.69) is 57.3 Å². The Morgan fingerprint density at radius 2 is 1.50 bits per heavy atom. The Balaban J connectivity index is 1.67. The van der Waals surface area contributed by atoms with E-state index in [1.807, 2.05) is 6.20 Å². The lowest BCUT2D eigenvalue weighted by molar-refractivity contribution is 0.0705. The highest BCUT2D eigenvalue weighted by Gasteiger charge is 2.46. The van der Waals surface area contributed by atoms with Crippen molar-refractivity contribution >= 4 is 21.5 Å². The highest BCUT2D eigenvalue weighted by Crippen LogP contribution is 2.58. The fraction of sp³-hybridized carbons (Fsp3) is 0.435. The number of rotatable bonds is 3. The fourth-order valence-electron chi connectivity index (χ4n) is 5.88. The van der Waals surface area contributed by atoms with Crippen LogP contribution in [-0.4, -0.2) is 12.1 Å². The molecule has 0 N–H and O–H groups in total. The van der Waals surface area contributed by atoms with Crippen molar-refractivity contribution in [3.8, 4) is 5.75 Å². The largest absolute Gasteiger partial charge is 0.497 e. The van der Waals surface area contributed by atoms with Crippen molar-refractivity contribution in [2.45, 2.75) is 32.1 Å². The Hall–Kier alpha value is -1.61. The van der Waals surface area contributed by atoms with Crippen LogP contribution in [0.1, 0.15) is 43.2 Å². The van der Waals surface area contributed by atoms with Crippen molar-refractivity contribution < 1.29 is 4.74 Å². The van der Waals surface area contributed by atoms with Gasteiger partial charge in [-0.3, -0.25) is 0 Å². The van der Waals surface area contributed by atoms with Gasteiger partial charge >= 0.3 is 0 Å². The van der Waals surface area contributed by atoms with Crippen molar-refractivity contribution in [2.24, 2.45) is 23.7 Å². The minimum absolute atomic E-state index is 0.770. The van der Waals surface area contributed by atoms with Crippen molar-refractivity contribution in [3.05, 3.63) is 63.9 Å². The number of halogens is 1. The molecule has 4 aliphatic rings. The maximum atomic E-state index is 5.38.